The zero-order chi connectivity index (χ0) is 24.4. The van der Waals surface area contributed by atoms with Crippen molar-refractivity contribution in [2.24, 2.45) is 0 Å². The standard InChI is InChI=1S/C25H26N6O4/c1-16-3-5-17(6-4-16)23-28-22(35-29-23)15-31-11-9-30(10-12-31)14-21-26-20-13-18(25(33)34-2)7-8-19(20)24(32)27-21/h3-8,13H,9-12,14-15H2,1-2H3,(H,26,27,32). The lowest BCUT2D eigenvalue weighted by Crippen LogP contribution is -2.45. The lowest BCUT2D eigenvalue weighted by Gasteiger charge is -2.33. The Hall–Kier alpha value is -3.89. The lowest BCUT2D eigenvalue weighted by molar-refractivity contribution is 0.0601. The maximum atomic E-state index is 12.5. The number of methoxy groups -OCH3 is 1. The van der Waals surface area contributed by atoms with E-state index in [1.165, 1.54) is 12.7 Å². The predicted octanol–water partition coefficient (Wildman–Crippen LogP) is 2.39. The third-order valence-corrected chi connectivity index (χ3v) is 6.15. The average molecular weight is 475 g/mol. The molecule has 5 rings (SSSR count). The molecule has 2 aromatic heterocycles. The zero-order valence-electron chi connectivity index (χ0n) is 19.7. The Balaban J connectivity index is 1.20. The molecular formula is C25H26N6O4. The highest BCUT2D eigenvalue weighted by molar-refractivity contribution is 5.93. The monoisotopic (exact) mass is 474 g/mol. The number of rotatable bonds is 6. The molecule has 1 aliphatic rings. The van der Waals surface area contributed by atoms with Gasteiger partial charge in [0.15, 0.2) is 0 Å². The van der Waals surface area contributed by atoms with Crippen LogP contribution in [0.2, 0.25) is 0 Å². The van der Waals surface area contributed by atoms with Crippen molar-refractivity contribution in [1.29, 1.82) is 0 Å². The van der Waals surface area contributed by atoms with Gasteiger partial charge in [0.1, 0.15) is 5.82 Å². The van der Waals surface area contributed by atoms with E-state index in [1.54, 1.807) is 18.2 Å². The second-order valence-electron chi connectivity index (χ2n) is 8.67. The van der Waals surface area contributed by atoms with Crippen molar-refractivity contribution < 1.29 is 14.1 Å². The largest absolute Gasteiger partial charge is 0.465 e. The van der Waals surface area contributed by atoms with Crippen molar-refractivity contribution in [3.63, 3.8) is 0 Å². The first-order valence-electron chi connectivity index (χ1n) is 11.4. The van der Waals surface area contributed by atoms with Crippen LogP contribution in [0.5, 0.6) is 0 Å². The van der Waals surface area contributed by atoms with Gasteiger partial charge in [-0.05, 0) is 25.1 Å². The minimum absolute atomic E-state index is 0.221. The Kier molecular flexibility index (Phi) is 6.39. The number of hydrogen-bond acceptors (Lipinski definition) is 9. The van der Waals surface area contributed by atoms with Crippen molar-refractivity contribution >= 4 is 16.9 Å². The number of carbonyl (C=O) groups excluding carboxylic acids is 1. The molecule has 0 radical (unpaired) electrons. The van der Waals surface area contributed by atoms with E-state index >= 15 is 0 Å². The molecule has 4 aromatic rings. The molecule has 0 saturated carbocycles. The molecule has 10 nitrogen and oxygen atoms in total. The van der Waals surface area contributed by atoms with Crippen molar-refractivity contribution in [2.75, 3.05) is 33.3 Å². The highest BCUT2D eigenvalue weighted by Gasteiger charge is 2.21. The first kappa shape index (κ1) is 22.9. The number of piperazine rings is 1. The molecular weight excluding hydrogens is 448 g/mol. The second-order valence-corrected chi connectivity index (χ2v) is 8.67. The highest BCUT2D eigenvalue weighted by Crippen LogP contribution is 2.18. The summed E-state index contributed by atoms with van der Waals surface area (Å²) >= 11 is 0. The van der Waals surface area contributed by atoms with E-state index in [4.69, 9.17) is 9.26 Å². The summed E-state index contributed by atoms with van der Waals surface area (Å²) in [4.78, 5) is 40.8. The van der Waals surface area contributed by atoms with Gasteiger partial charge >= 0.3 is 5.97 Å². The Bertz CT molecular complexity index is 1400. The predicted molar refractivity (Wildman–Crippen MR) is 129 cm³/mol. The number of aromatic amines is 1. The van der Waals surface area contributed by atoms with Crippen LogP contribution in [-0.2, 0) is 17.8 Å². The Morgan fingerprint density at radius 1 is 1.03 bits per heavy atom. The number of nitrogens with zero attached hydrogens (tertiary/aromatic N) is 5. The normalized spacial score (nSPS) is 14.9. The summed E-state index contributed by atoms with van der Waals surface area (Å²) in [6, 6.07) is 12.8. The molecule has 1 aliphatic heterocycles. The molecule has 0 unspecified atom stereocenters. The van der Waals surface area contributed by atoms with Gasteiger partial charge in [-0.3, -0.25) is 14.6 Å². The van der Waals surface area contributed by atoms with Crippen LogP contribution in [0.25, 0.3) is 22.3 Å². The summed E-state index contributed by atoms with van der Waals surface area (Å²) in [5.74, 6) is 1.30. The molecule has 1 N–H and O–H groups in total. The van der Waals surface area contributed by atoms with Gasteiger partial charge in [0, 0.05) is 31.7 Å². The van der Waals surface area contributed by atoms with E-state index in [0.717, 1.165) is 31.7 Å². The van der Waals surface area contributed by atoms with Crippen molar-refractivity contribution in [3.05, 3.63) is 75.7 Å². The number of ether oxygens (including phenoxy) is 1. The van der Waals surface area contributed by atoms with E-state index in [0.29, 0.717) is 47.1 Å². The summed E-state index contributed by atoms with van der Waals surface area (Å²) in [6.45, 7) is 6.41. The third-order valence-electron chi connectivity index (χ3n) is 6.15. The van der Waals surface area contributed by atoms with Gasteiger partial charge in [-0.1, -0.05) is 35.0 Å². The molecule has 10 heteroatoms. The number of carbonyl (C=O) groups is 1. The Morgan fingerprint density at radius 3 is 2.46 bits per heavy atom. The minimum atomic E-state index is -0.459. The van der Waals surface area contributed by atoms with Crippen LogP contribution in [0.1, 0.15) is 27.6 Å². The molecule has 0 atom stereocenters. The quantitative estimate of drug-likeness (QED) is 0.420. The average Bonchev–Trinajstić information content (AvgIpc) is 3.33. The molecule has 180 valence electrons. The number of benzene rings is 2. The summed E-state index contributed by atoms with van der Waals surface area (Å²) in [5.41, 5.74) is 2.74. The molecule has 0 bridgehead atoms. The molecule has 1 saturated heterocycles. The summed E-state index contributed by atoms with van der Waals surface area (Å²) < 4.78 is 10.2. The number of nitrogens with one attached hydrogen (secondary N) is 1. The van der Waals surface area contributed by atoms with E-state index in [1.807, 2.05) is 31.2 Å². The number of fused-ring (bicyclic) bond motifs is 1. The fourth-order valence-electron chi connectivity index (χ4n) is 4.16. The summed E-state index contributed by atoms with van der Waals surface area (Å²) in [5, 5.41) is 4.55. The van der Waals surface area contributed by atoms with Crippen LogP contribution in [-0.4, -0.2) is 69.2 Å². The zero-order valence-corrected chi connectivity index (χ0v) is 19.7. The molecule has 3 heterocycles. The number of hydrogen-bond donors (Lipinski definition) is 1. The van der Waals surface area contributed by atoms with Crippen molar-refractivity contribution in [3.8, 4) is 11.4 Å². The summed E-state index contributed by atoms with van der Waals surface area (Å²) in [6.07, 6.45) is 0. The lowest BCUT2D eigenvalue weighted by atomic mass is 10.1. The molecule has 2 aromatic carbocycles. The summed E-state index contributed by atoms with van der Waals surface area (Å²) in [7, 11) is 1.32. The van der Waals surface area contributed by atoms with Gasteiger partial charge in [-0.2, -0.15) is 4.98 Å². The Labute approximate surface area is 201 Å². The first-order chi connectivity index (χ1) is 17.0. The maximum absolute atomic E-state index is 12.5. The van der Waals surface area contributed by atoms with Gasteiger partial charge in [0.25, 0.3) is 5.56 Å². The fourth-order valence-corrected chi connectivity index (χ4v) is 4.16. The molecule has 0 aliphatic carbocycles. The number of aryl methyl sites for hydroxylation is 1. The van der Waals surface area contributed by atoms with Crippen LogP contribution < -0.4 is 5.56 Å². The topological polar surface area (TPSA) is 117 Å². The van der Waals surface area contributed by atoms with Gasteiger partial charge in [-0.25, -0.2) is 9.78 Å². The smallest absolute Gasteiger partial charge is 0.337 e. The molecule has 0 spiro atoms. The first-order valence-corrected chi connectivity index (χ1v) is 11.4. The third kappa shape index (κ3) is 5.13. The van der Waals surface area contributed by atoms with Crippen molar-refractivity contribution in [1.82, 2.24) is 29.9 Å². The number of H-pyrrole nitrogens is 1. The van der Waals surface area contributed by atoms with Crippen molar-refractivity contribution in [2.45, 2.75) is 20.0 Å². The van der Waals surface area contributed by atoms with Crippen LogP contribution in [0, 0.1) is 6.92 Å². The highest BCUT2D eigenvalue weighted by atomic mass is 16.5. The van der Waals surface area contributed by atoms with Crippen LogP contribution in [0.4, 0.5) is 0 Å². The minimum Gasteiger partial charge on any atom is -0.465 e. The van der Waals surface area contributed by atoms with Crippen LogP contribution in [0.3, 0.4) is 0 Å². The van der Waals surface area contributed by atoms with Gasteiger partial charge in [-0.15, -0.1) is 0 Å². The second kappa shape index (κ2) is 9.77. The van der Waals surface area contributed by atoms with Gasteiger partial charge in [0.2, 0.25) is 11.7 Å². The van der Waals surface area contributed by atoms with E-state index in [-0.39, 0.29) is 5.56 Å². The van der Waals surface area contributed by atoms with Gasteiger partial charge < -0.3 is 14.2 Å². The number of aromatic nitrogens is 4. The Morgan fingerprint density at radius 2 is 1.74 bits per heavy atom. The molecule has 0 amide bonds. The maximum Gasteiger partial charge on any atom is 0.337 e. The molecule has 1 fully saturated rings. The number of esters is 1. The van der Waals surface area contributed by atoms with Crippen LogP contribution in [0.15, 0.2) is 51.8 Å². The SMILES string of the molecule is COC(=O)c1ccc2c(=O)[nH]c(CN3CCN(Cc4nc(-c5ccc(C)cc5)no4)CC3)nc2c1. The van der Waals surface area contributed by atoms with E-state index < -0.39 is 5.97 Å². The molecule has 35 heavy (non-hydrogen) atoms. The van der Waals surface area contributed by atoms with Gasteiger partial charge in [0.05, 0.1) is 36.7 Å². The van der Waals surface area contributed by atoms with Crippen LogP contribution >= 0.6 is 0 Å². The van der Waals surface area contributed by atoms with E-state index in [2.05, 4.69) is 29.9 Å². The fraction of sp³-hybridized carbons (Fsp3) is 0.320. The van der Waals surface area contributed by atoms with E-state index in [9.17, 15) is 9.59 Å².